The van der Waals surface area contributed by atoms with Crippen molar-refractivity contribution in [3.8, 4) is 28.6 Å². The fourth-order valence-corrected chi connectivity index (χ4v) is 4.78. The van der Waals surface area contributed by atoms with E-state index in [9.17, 15) is 0 Å². The van der Waals surface area contributed by atoms with Gasteiger partial charge in [-0.25, -0.2) is 21.1 Å². The van der Waals surface area contributed by atoms with E-state index in [2.05, 4.69) is 91.8 Å². The van der Waals surface area contributed by atoms with Crippen molar-refractivity contribution in [3.63, 3.8) is 0 Å². The Bertz CT molecular complexity index is 1730. The standard InChI is InChI=1S/C34H29N3O.Pt/c1-22(2)26-19-30(23(3)4)36-34(21-26)38-27-11-9-10-24(18-27)25-15-16-29-28-12-5-6-13-31(28)37(32(29)20-25)33-14-7-8-17-35-33;/h5-17,19,21-23H,1-4H3;/q-2;+2. The average Bonchev–Trinajstić information content (AvgIpc) is 3.27. The third kappa shape index (κ3) is 5.27. The number of benzene rings is 3. The summed E-state index contributed by atoms with van der Waals surface area (Å²) >= 11 is 0. The van der Waals surface area contributed by atoms with Crippen LogP contribution < -0.4 is 4.74 Å². The first-order valence-corrected chi connectivity index (χ1v) is 13.1. The Labute approximate surface area is 244 Å². The van der Waals surface area contributed by atoms with Crippen molar-refractivity contribution in [3.05, 3.63) is 115 Å². The van der Waals surface area contributed by atoms with Gasteiger partial charge in [-0.2, -0.15) is 24.3 Å². The van der Waals surface area contributed by atoms with Gasteiger partial charge in [-0.15, -0.1) is 18.2 Å². The van der Waals surface area contributed by atoms with Crippen LogP contribution in [0.2, 0.25) is 0 Å². The van der Waals surface area contributed by atoms with Crippen molar-refractivity contribution in [1.29, 1.82) is 0 Å². The van der Waals surface area contributed by atoms with Crippen molar-refractivity contribution in [2.45, 2.75) is 39.5 Å². The number of para-hydroxylation sites is 1. The zero-order valence-corrected chi connectivity index (χ0v) is 24.7. The fraction of sp³-hybridized carbons (Fsp3) is 0.176. The maximum absolute atomic E-state index is 6.25. The van der Waals surface area contributed by atoms with E-state index in [1.54, 1.807) is 0 Å². The van der Waals surface area contributed by atoms with Crippen LogP contribution >= 0.6 is 0 Å². The molecule has 0 bridgehead atoms. The predicted octanol–water partition coefficient (Wildman–Crippen LogP) is 8.88. The number of fused-ring (bicyclic) bond motifs is 3. The number of hydrogen-bond donors (Lipinski definition) is 0. The molecule has 0 saturated heterocycles. The molecule has 0 saturated carbocycles. The molecule has 3 aromatic carbocycles. The Kier molecular flexibility index (Phi) is 7.68. The normalized spacial score (nSPS) is 11.3. The monoisotopic (exact) mass is 690 g/mol. The number of aromatic nitrogens is 3. The molecule has 0 N–H and O–H groups in total. The molecular weight excluding hydrogens is 661 g/mol. The SMILES string of the molecule is CC(C)c1cc(Oc2[c-]c(-c3[c-]c4c(cc3)c3ccccc3n4-c3ccccn3)ccc2)nc(C(C)C)c1.[Pt+2]. The predicted molar refractivity (Wildman–Crippen MR) is 154 cm³/mol. The Hall–Kier alpha value is -3.75. The van der Waals surface area contributed by atoms with E-state index in [4.69, 9.17) is 9.72 Å². The van der Waals surface area contributed by atoms with Gasteiger partial charge in [-0.1, -0.05) is 57.3 Å². The van der Waals surface area contributed by atoms with Gasteiger partial charge in [-0.05, 0) is 52.6 Å². The van der Waals surface area contributed by atoms with Gasteiger partial charge in [0, 0.05) is 29.2 Å². The smallest absolute Gasteiger partial charge is 0.460 e. The average molecular weight is 691 g/mol. The van der Waals surface area contributed by atoms with E-state index in [1.165, 1.54) is 10.9 Å². The Morgan fingerprint density at radius 1 is 0.744 bits per heavy atom. The molecule has 5 heteroatoms. The van der Waals surface area contributed by atoms with Crippen molar-refractivity contribution < 1.29 is 25.8 Å². The molecule has 3 heterocycles. The van der Waals surface area contributed by atoms with Crippen LogP contribution in [0.3, 0.4) is 0 Å². The van der Waals surface area contributed by atoms with Gasteiger partial charge in [0.05, 0.1) is 0 Å². The number of rotatable bonds is 6. The summed E-state index contributed by atoms with van der Waals surface area (Å²) in [6.07, 6.45) is 1.82. The summed E-state index contributed by atoms with van der Waals surface area (Å²) < 4.78 is 8.42. The van der Waals surface area contributed by atoms with E-state index in [1.807, 2.05) is 48.7 Å². The van der Waals surface area contributed by atoms with Gasteiger partial charge in [0.15, 0.2) is 0 Å². The Balaban J connectivity index is 0.00000308. The molecule has 196 valence electrons. The van der Waals surface area contributed by atoms with Crippen LogP contribution in [0.1, 0.15) is 50.8 Å². The Morgan fingerprint density at radius 2 is 1.54 bits per heavy atom. The molecule has 0 amide bonds. The van der Waals surface area contributed by atoms with Crippen molar-refractivity contribution in [2.24, 2.45) is 0 Å². The summed E-state index contributed by atoms with van der Waals surface area (Å²) in [6, 6.07) is 35.9. The first kappa shape index (κ1) is 26.8. The second-order valence-electron chi connectivity index (χ2n) is 10.2. The molecule has 3 aromatic heterocycles. The van der Waals surface area contributed by atoms with Crippen LogP contribution in [0.15, 0.2) is 91.1 Å². The van der Waals surface area contributed by atoms with Gasteiger partial charge >= 0.3 is 21.1 Å². The molecule has 0 fully saturated rings. The van der Waals surface area contributed by atoms with E-state index >= 15 is 0 Å². The zero-order valence-electron chi connectivity index (χ0n) is 22.4. The first-order chi connectivity index (χ1) is 18.5. The van der Waals surface area contributed by atoms with E-state index < -0.39 is 0 Å². The quantitative estimate of drug-likeness (QED) is 0.164. The van der Waals surface area contributed by atoms with Gasteiger partial charge in [0.2, 0.25) is 5.88 Å². The topological polar surface area (TPSA) is 39.9 Å². The zero-order chi connectivity index (χ0) is 26.2. The van der Waals surface area contributed by atoms with Gasteiger partial charge < -0.3 is 9.30 Å². The van der Waals surface area contributed by atoms with Gasteiger partial charge in [-0.3, -0.25) is 0 Å². The summed E-state index contributed by atoms with van der Waals surface area (Å²) in [5, 5.41) is 2.31. The summed E-state index contributed by atoms with van der Waals surface area (Å²) in [7, 11) is 0. The third-order valence-electron chi connectivity index (χ3n) is 6.84. The first-order valence-electron chi connectivity index (χ1n) is 13.1. The van der Waals surface area contributed by atoms with E-state index in [0.29, 0.717) is 23.5 Å². The minimum atomic E-state index is 0. The minimum absolute atomic E-state index is 0. The van der Waals surface area contributed by atoms with Crippen molar-refractivity contribution >= 4 is 21.8 Å². The molecule has 0 aliphatic heterocycles. The molecular formula is C34H29N3OPt. The molecule has 0 unspecified atom stereocenters. The molecule has 6 rings (SSSR count). The second-order valence-corrected chi connectivity index (χ2v) is 10.2. The molecule has 4 nitrogen and oxygen atoms in total. The summed E-state index contributed by atoms with van der Waals surface area (Å²) in [6.45, 7) is 8.68. The number of hydrogen-bond acceptors (Lipinski definition) is 3. The van der Waals surface area contributed by atoms with Gasteiger partial charge in [0.1, 0.15) is 5.82 Å². The maximum atomic E-state index is 6.25. The van der Waals surface area contributed by atoms with Crippen molar-refractivity contribution in [1.82, 2.24) is 14.5 Å². The van der Waals surface area contributed by atoms with Crippen LogP contribution in [0, 0.1) is 12.1 Å². The van der Waals surface area contributed by atoms with Crippen molar-refractivity contribution in [2.75, 3.05) is 0 Å². The number of nitrogens with zero attached hydrogens (tertiary/aromatic N) is 3. The third-order valence-corrected chi connectivity index (χ3v) is 6.84. The summed E-state index contributed by atoms with van der Waals surface area (Å²) in [4.78, 5) is 9.39. The second kappa shape index (κ2) is 11.2. The van der Waals surface area contributed by atoms with Gasteiger partial charge in [0.25, 0.3) is 0 Å². The number of pyridine rings is 2. The summed E-state index contributed by atoms with van der Waals surface area (Å²) in [5.74, 6) is 2.80. The van der Waals surface area contributed by atoms with E-state index in [0.717, 1.165) is 39.1 Å². The van der Waals surface area contributed by atoms with Crippen LogP contribution in [-0.2, 0) is 21.1 Å². The fourth-order valence-electron chi connectivity index (χ4n) is 4.78. The van der Waals surface area contributed by atoms with Crippen LogP contribution in [0.25, 0.3) is 38.8 Å². The molecule has 0 spiro atoms. The largest absolute Gasteiger partial charge is 2.00 e. The molecule has 39 heavy (non-hydrogen) atoms. The number of ether oxygens (including phenoxy) is 1. The molecule has 0 aliphatic carbocycles. The Morgan fingerprint density at radius 3 is 2.31 bits per heavy atom. The molecule has 0 aliphatic rings. The summed E-state index contributed by atoms with van der Waals surface area (Å²) in [5.41, 5.74) is 6.18. The van der Waals surface area contributed by atoms with Crippen LogP contribution in [0.5, 0.6) is 11.6 Å². The molecule has 0 radical (unpaired) electrons. The maximum Gasteiger partial charge on any atom is 2.00 e. The molecule has 0 atom stereocenters. The molecule has 6 aromatic rings. The van der Waals surface area contributed by atoms with E-state index in [-0.39, 0.29) is 21.1 Å². The van der Waals surface area contributed by atoms with Crippen LogP contribution in [-0.4, -0.2) is 14.5 Å². The van der Waals surface area contributed by atoms with Crippen LogP contribution in [0.4, 0.5) is 0 Å². The minimum Gasteiger partial charge on any atom is -0.460 e.